The number of alkyl carbamates (subject to hydrolysis) is 2. The summed E-state index contributed by atoms with van der Waals surface area (Å²) in [6.45, 7) is 7.84. The first-order chi connectivity index (χ1) is 27.3. The number of rotatable bonds is 26. The Morgan fingerprint density at radius 1 is 0.500 bits per heavy atom. The fraction of sp³-hybridized carbons (Fsp3) is 0.545. The van der Waals surface area contributed by atoms with E-state index in [-0.39, 0.29) is 49.2 Å². The minimum absolute atomic E-state index is 0.0337. The Morgan fingerprint density at radius 2 is 0.857 bits per heavy atom. The summed E-state index contributed by atoms with van der Waals surface area (Å²) in [4.78, 5) is 63.7. The lowest BCUT2D eigenvalue weighted by Gasteiger charge is -2.24. The summed E-state index contributed by atoms with van der Waals surface area (Å²) in [5.41, 5.74) is 1.41. The van der Waals surface area contributed by atoms with Crippen molar-refractivity contribution in [3.8, 4) is 0 Å². The van der Waals surface area contributed by atoms with Gasteiger partial charge in [0, 0.05) is 0 Å². The number of aromatic nitrogens is 2. The highest BCUT2D eigenvalue weighted by Crippen LogP contribution is 2.29. The molecule has 1 aromatic heterocycles. The van der Waals surface area contributed by atoms with Gasteiger partial charge < -0.3 is 29.6 Å². The number of hydrogen-bond donors (Lipinski definition) is 2. The number of ether oxygens (including phenoxy) is 4. The van der Waals surface area contributed by atoms with Crippen LogP contribution >= 0.6 is 0 Å². The maximum Gasteiger partial charge on any atom is 0.408 e. The van der Waals surface area contributed by atoms with Crippen molar-refractivity contribution in [2.45, 2.75) is 143 Å². The minimum atomic E-state index is -0.862. The lowest BCUT2D eigenvalue weighted by molar-refractivity contribution is 0.0494. The third-order valence-corrected chi connectivity index (χ3v) is 9.25. The molecule has 2 amide bonds. The smallest absolute Gasteiger partial charge is 0.408 e. The van der Waals surface area contributed by atoms with E-state index in [1.54, 1.807) is 13.8 Å². The van der Waals surface area contributed by atoms with E-state index in [0.29, 0.717) is 25.7 Å². The van der Waals surface area contributed by atoms with E-state index in [4.69, 9.17) is 28.9 Å². The van der Waals surface area contributed by atoms with Crippen LogP contribution in [0, 0.1) is 0 Å². The Labute approximate surface area is 332 Å². The molecule has 0 unspecified atom stereocenters. The number of esters is 2. The van der Waals surface area contributed by atoms with Crippen molar-refractivity contribution < 1.29 is 38.1 Å². The lowest BCUT2D eigenvalue weighted by atomic mass is 9.99. The number of carbonyl (C=O) groups excluding carboxylic acids is 4. The summed E-state index contributed by atoms with van der Waals surface area (Å²) in [6.07, 6.45) is 11.2. The molecular formula is C44H62N4O8. The molecule has 306 valence electrons. The predicted molar refractivity (Wildman–Crippen MR) is 215 cm³/mol. The molecule has 0 radical (unpaired) electrons. The maximum atomic E-state index is 13.7. The van der Waals surface area contributed by atoms with E-state index < -0.39 is 36.2 Å². The Balaban J connectivity index is 2.07. The molecule has 2 N–H and O–H groups in total. The van der Waals surface area contributed by atoms with Gasteiger partial charge in [0.25, 0.3) is 0 Å². The van der Waals surface area contributed by atoms with E-state index in [1.807, 2.05) is 60.7 Å². The highest BCUT2D eigenvalue weighted by molar-refractivity contribution is 5.92. The van der Waals surface area contributed by atoms with Crippen molar-refractivity contribution in [2.75, 3.05) is 13.2 Å². The average Bonchev–Trinajstić information content (AvgIpc) is 3.21. The van der Waals surface area contributed by atoms with Gasteiger partial charge in [-0.3, -0.25) is 0 Å². The second-order valence-electron chi connectivity index (χ2n) is 13.8. The molecule has 0 aliphatic rings. The highest BCUT2D eigenvalue weighted by atomic mass is 16.6. The summed E-state index contributed by atoms with van der Waals surface area (Å²) in [6, 6.07) is 16.9. The van der Waals surface area contributed by atoms with Crippen LogP contribution in [-0.4, -0.2) is 47.3 Å². The summed E-state index contributed by atoms with van der Waals surface area (Å²) in [7, 11) is 0. The van der Waals surface area contributed by atoms with E-state index in [0.717, 1.165) is 75.3 Å². The minimum Gasteiger partial charge on any atom is -0.461 e. The van der Waals surface area contributed by atoms with Crippen molar-refractivity contribution in [3.63, 3.8) is 0 Å². The standard InChI is InChI=1S/C44H62N4O8/c1-5-9-11-13-15-23-29-35(45-43(51)55-31-33-25-19-17-20-26-33)37-39(41(49)53-7-3)48-38(40(47-37)42(50)54-8-4)36(30-24-16-14-12-10-6-2)46-44(52)56-32-34-27-21-18-22-28-34/h17-22,25-28,35-36H,5-16,23-24,29-32H2,1-4H3,(H,45,51)(H,46,52)/t35-,36-/m1/s1. The molecule has 3 rings (SSSR count). The molecule has 3 aromatic rings. The van der Waals surface area contributed by atoms with Crippen LogP contribution in [0.3, 0.4) is 0 Å². The van der Waals surface area contributed by atoms with Crippen LogP contribution < -0.4 is 10.6 Å². The largest absolute Gasteiger partial charge is 0.461 e. The average molecular weight is 775 g/mol. The SMILES string of the molecule is CCCCCCCC[C@@H](NC(=O)OCc1ccccc1)c1nc(C(=O)OCC)c([C@@H](CCCCCCCC)NC(=O)OCc2ccccc2)nc1C(=O)OCC. The predicted octanol–water partition coefficient (Wildman–Crippen LogP) is 10.3. The van der Waals surface area contributed by atoms with Crippen molar-refractivity contribution in [1.82, 2.24) is 20.6 Å². The molecule has 1 heterocycles. The number of nitrogens with zero attached hydrogens (tertiary/aromatic N) is 2. The summed E-state index contributed by atoms with van der Waals surface area (Å²) in [5, 5.41) is 5.80. The molecule has 0 aliphatic heterocycles. The molecule has 0 fully saturated rings. The molecule has 0 saturated carbocycles. The Bertz CT molecular complexity index is 1490. The van der Waals surface area contributed by atoms with Gasteiger partial charge in [0.05, 0.1) is 36.7 Å². The summed E-state index contributed by atoms with van der Waals surface area (Å²) in [5.74, 6) is -1.55. The molecule has 2 atom stereocenters. The Morgan fingerprint density at radius 3 is 1.21 bits per heavy atom. The van der Waals surface area contributed by atoms with Crippen molar-refractivity contribution >= 4 is 24.1 Å². The van der Waals surface area contributed by atoms with Gasteiger partial charge in [-0.05, 0) is 37.8 Å². The number of amides is 2. The zero-order valence-electron chi connectivity index (χ0n) is 33.8. The number of nitrogens with one attached hydrogen (secondary N) is 2. The Hall–Kier alpha value is -5.00. The molecule has 0 spiro atoms. The van der Waals surface area contributed by atoms with Crippen LogP contribution in [-0.2, 0) is 32.2 Å². The van der Waals surface area contributed by atoms with Gasteiger partial charge >= 0.3 is 24.1 Å². The second-order valence-corrected chi connectivity index (χ2v) is 13.8. The van der Waals surface area contributed by atoms with E-state index in [1.165, 1.54) is 0 Å². The van der Waals surface area contributed by atoms with E-state index >= 15 is 0 Å². The Kier molecular flexibility index (Phi) is 21.7. The van der Waals surface area contributed by atoms with Crippen molar-refractivity contribution in [3.05, 3.63) is 94.6 Å². The zero-order chi connectivity index (χ0) is 40.4. The number of carbonyl (C=O) groups is 4. The molecule has 0 bridgehead atoms. The van der Waals surface area contributed by atoms with Gasteiger partial charge in [-0.2, -0.15) is 0 Å². The van der Waals surface area contributed by atoms with E-state index in [9.17, 15) is 19.2 Å². The third-order valence-electron chi connectivity index (χ3n) is 9.25. The first kappa shape index (κ1) is 45.4. The quantitative estimate of drug-likeness (QED) is 0.0457. The van der Waals surface area contributed by atoms with Gasteiger partial charge in [0.2, 0.25) is 0 Å². The van der Waals surface area contributed by atoms with Crippen LogP contribution in [0.1, 0.15) is 173 Å². The molecule has 2 aromatic carbocycles. The van der Waals surface area contributed by atoms with Gasteiger partial charge in [0.1, 0.15) is 13.2 Å². The maximum absolute atomic E-state index is 13.7. The molecule has 12 heteroatoms. The normalized spacial score (nSPS) is 11.9. The van der Waals surface area contributed by atoms with Crippen LogP contribution in [0.2, 0.25) is 0 Å². The topological polar surface area (TPSA) is 155 Å². The summed E-state index contributed by atoms with van der Waals surface area (Å²) >= 11 is 0. The first-order valence-corrected chi connectivity index (χ1v) is 20.5. The fourth-order valence-corrected chi connectivity index (χ4v) is 6.27. The van der Waals surface area contributed by atoms with E-state index in [2.05, 4.69) is 24.5 Å². The highest BCUT2D eigenvalue weighted by Gasteiger charge is 2.33. The van der Waals surface area contributed by atoms with Gasteiger partial charge in [-0.15, -0.1) is 0 Å². The summed E-state index contributed by atoms with van der Waals surface area (Å²) < 4.78 is 22.1. The molecule has 56 heavy (non-hydrogen) atoms. The van der Waals surface area contributed by atoms with Crippen molar-refractivity contribution in [1.29, 1.82) is 0 Å². The van der Waals surface area contributed by atoms with Crippen LogP contribution in [0.15, 0.2) is 60.7 Å². The molecule has 12 nitrogen and oxygen atoms in total. The monoisotopic (exact) mass is 774 g/mol. The molecular weight excluding hydrogens is 713 g/mol. The van der Waals surface area contributed by atoms with Crippen LogP contribution in [0.5, 0.6) is 0 Å². The van der Waals surface area contributed by atoms with Gasteiger partial charge in [0.15, 0.2) is 11.4 Å². The molecule has 0 saturated heterocycles. The van der Waals surface area contributed by atoms with Gasteiger partial charge in [-0.25, -0.2) is 29.1 Å². The zero-order valence-corrected chi connectivity index (χ0v) is 33.8. The number of unbranched alkanes of at least 4 members (excludes halogenated alkanes) is 10. The number of benzene rings is 2. The lowest BCUT2D eigenvalue weighted by Crippen LogP contribution is -2.35. The second kappa shape index (κ2) is 26.7. The van der Waals surface area contributed by atoms with Crippen molar-refractivity contribution in [2.24, 2.45) is 0 Å². The fourth-order valence-electron chi connectivity index (χ4n) is 6.27. The first-order valence-electron chi connectivity index (χ1n) is 20.5. The molecule has 0 aliphatic carbocycles. The number of hydrogen-bond acceptors (Lipinski definition) is 10. The van der Waals surface area contributed by atoms with Crippen LogP contribution in [0.4, 0.5) is 9.59 Å². The van der Waals surface area contributed by atoms with Gasteiger partial charge in [-0.1, -0.05) is 152 Å². The third kappa shape index (κ3) is 16.4. The van der Waals surface area contributed by atoms with Crippen LogP contribution in [0.25, 0.3) is 0 Å².